The second-order valence-corrected chi connectivity index (χ2v) is 3.81. The van der Waals surface area contributed by atoms with E-state index in [9.17, 15) is 8.78 Å². The first-order chi connectivity index (χ1) is 8.11. The first kappa shape index (κ1) is 11.7. The van der Waals surface area contributed by atoms with Crippen LogP contribution in [0.15, 0.2) is 24.4 Å². The zero-order valence-electron chi connectivity index (χ0n) is 9.67. The third-order valence-electron chi connectivity index (χ3n) is 2.52. The lowest BCUT2D eigenvalue weighted by atomic mass is 10.2. The summed E-state index contributed by atoms with van der Waals surface area (Å²) in [6.45, 7) is 2.51. The molecule has 0 bridgehead atoms. The van der Waals surface area contributed by atoms with Gasteiger partial charge in [-0.25, -0.2) is 13.5 Å². The first-order valence-electron chi connectivity index (χ1n) is 5.27. The van der Waals surface area contributed by atoms with Crippen molar-refractivity contribution in [1.29, 1.82) is 0 Å². The van der Waals surface area contributed by atoms with Crippen molar-refractivity contribution in [1.82, 2.24) is 15.1 Å². The third kappa shape index (κ3) is 2.34. The number of nitrogens with one attached hydrogen (secondary N) is 1. The summed E-state index contributed by atoms with van der Waals surface area (Å²) < 4.78 is 27.8. The molecule has 0 fully saturated rings. The summed E-state index contributed by atoms with van der Waals surface area (Å²) >= 11 is 0. The van der Waals surface area contributed by atoms with Gasteiger partial charge in [0.2, 0.25) is 0 Å². The largest absolute Gasteiger partial charge is 0.316 e. The van der Waals surface area contributed by atoms with E-state index in [4.69, 9.17) is 0 Å². The van der Waals surface area contributed by atoms with Crippen LogP contribution in [0.2, 0.25) is 0 Å². The van der Waals surface area contributed by atoms with Crippen LogP contribution in [0.3, 0.4) is 0 Å². The highest BCUT2D eigenvalue weighted by Gasteiger charge is 2.10. The summed E-state index contributed by atoms with van der Waals surface area (Å²) in [5.74, 6) is -1.21. The van der Waals surface area contributed by atoms with Crippen LogP contribution in [-0.4, -0.2) is 16.8 Å². The van der Waals surface area contributed by atoms with Crippen molar-refractivity contribution < 1.29 is 8.78 Å². The molecule has 1 aromatic heterocycles. The molecule has 0 spiro atoms. The Hall–Kier alpha value is -1.75. The number of hydrogen-bond acceptors (Lipinski definition) is 2. The highest BCUT2D eigenvalue weighted by Crippen LogP contribution is 2.16. The topological polar surface area (TPSA) is 29.9 Å². The highest BCUT2D eigenvalue weighted by molar-refractivity contribution is 5.34. The predicted octanol–water partition coefficient (Wildman–Crippen LogP) is 2.18. The van der Waals surface area contributed by atoms with Crippen molar-refractivity contribution >= 4 is 0 Å². The molecule has 0 aliphatic heterocycles. The SMILES string of the molecule is CNCc1cn(-c2ccc(F)cc2F)nc1C. The van der Waals surface area contributed by atoms with Gasteiger partial charge in [-0.3, -0.25) is 0 Å². The van der Waals surface area contributed by atoms with E-state index in [-0.39, 0.29) is 5.69 Å². The number of nitrogens with zero attached hydrogens (tertiary/aromatic N) is 2. The Balaban J connectivity index is 2.42. The van der Waals surface area contributed by atoms with Crippen molar-refractivity contribution in [3.63, 3.8) is 0 Å². The Kier molecular flexibility index (Phi) is 3.19. The molecule has 0 aliphatic carbocycles. The van der Waals surface area contributed by atoms with Crippen molar-refractivity contribution in [2.24, 2.45) is 0 Å². The predicted molar refractivity (Wildman–Crippen MR) is 61.0 cm³/mol. The third-order valence-corrected chi connectivity index (χ3v) is 2.52. The molecule has 0 atom stereocenters. The summed E-state index contributed by atoms with van der Waals surface area (Å²) in [4.78, 5) is 0. The van der Waals surface area contributed by atoms with Gasteiger partial charge in [0.1, 0.15) is 11.5 Å². The zero-order chi connectivity index (χ0) is 12.4. The summed E-state index contributed by atoms with van der Waals surface area (Å²) in [5.41, 5.74) is 2.05. The van der Waals surface area contributed by atoms with Gasteiger partial charge in [-0.2, -0.15) is 5.10 Å². The van der Waals surface area contributed by atoms with Crippen LogP contribution >= 0.6 is 0 Å². The fourth-order valence-electron chi connectivity index (χ4n) is 1.65. The molecule has 0 amide bonds. The second-order valence-electron chi connectivity index (χ2n) is 3.81. The van der Waals surface area contributed by atoms with Crippen LogP contribution in [0.5, 0.6) is 0 Å². The molecule has 0 unspecified atom stereocenters. The van der Waals surface area contributed by atoms with Gasteiger partial charge in [0.05, 0.1) is 5.69 Å². The number of aromatic nitrogens is 2. The van der Waals surface area contributed by atoms with E-state index in [1.807, 2.05) is 14.0 Å². The molecule has 3 nitrogen and oxygen atoms in total. The van der Waals surface area contributed by atoms with E-state index in [2.05, 4.69) is 10.4 Å². The molecule has 0 aliphatic rings. The van der Waals surface area contributed by atoms with E-state index in [0.717, 1.165) is 17.3 Å². The van der Waals surface area contributed by atoms with Crippen LogP contribution in [0.4, 0.5) is 8.78 Å². The molecule has 1 aromatic carbocycles. The minimum absolute atomic E-state index is 0.247. The van der Waals surface area contributed by atoms with Crippen LogP contribution in [0.1, 0.15) is 11.3 Å². The summed E-state index contributed by atoms with van der Waals surface area (Å²) in [5, 5.41) is 7.21. The molecular formula is C12H13F2N3. The van der Waals surface area contributed by atoms with Gasteiger partial charge in [0.25, 0.3) is 0 Å². The number of benzene rings is 1. The lowest BCUT2D eigenvalue weighted by molar-refractivity contribution is 0.573. The Bertz CT molecular complexity index is 535. The number of aryl methyl sites for hydroxylation is 1. The van der Waals surface area contributed by atoms with Gasteiger partial charge in [0, 0.05) is 24.4 Å². The van der Waals surface area contributed by atoms with Gasteiger partial charge < -0.3 is 5.32 Å². The van der Waals surface area contributed by atoms with E-state index < -0.39 is 11.6 Å². The highest BCUT2D eigenvalue weighted by atomic mass is 19.1. The average Bonchev–Trinajstić information content (AvgIpc) is 2.60. The lowest BCUT2D eigenvalue weighted by Crippen LogP contribution is -2.05. The van der Waals surface area contributed by atoms with Crippen LogP contribution < -0.4 is 5.32 Å². The van der Waals surface area contributed by atoms with Gasteiger partial charge in [-0.1, -0.05) is 0 Å². The number of hydrogen-bond donors (Lipinski definition) is 1. The average molecular weight is 237 g/mol. The molecule has 0 saturated heterocycles. The van der Waals surface area contributed by atoms with Gasteiger partial charge in [-0.15, -0.1) is 0 Å². The Labute approximate surface area is 98.1 Å². The molecule has 17 heavy (non-hydrogen) atoms. The van der Waals surface area contributed by atoms with Crippen molar-refractivity contribution in [3.05, 3.63) is 47.3 Å². The minimum atomic E-state index is -0.622. The van der Waals surface area contributed by atoms with Crippen molar-refractivity contribution in [3.8, 4) is 5.69 Å². The van der Waals surface area contributed by atoms with E-state index in [1.54, 1.807) is 6.20 Å². The van der Waals surface area contributed by atoms with Gasteiger partial charge in [0.15, 0.2) is 5.82 Å². The van der Waals surface area contributed by atoms with Crippen LogP contribution in [-0.2, 0) is 6.54 Å². The van der Waals surface area contributed by atoms with Gasteiger partial charge >= 0.3 is 0 Å². The van der Waals surface area contributed by atoms with E-state index in [1.165, 1.54) is 16.8 Å². The Morgan fingerprint density at radius 3 is 2.76 bits per heavy atom. The van der Waals surface area contributed by atoms with Gasteiger partial charge in [-0.05, 0) is 26.1 Å². The molecule has 2 aromatic rings. The maximum absolute atomic E-state index is 13.5. The zero-order valence-corrected chi connectivity index (χ0v) is 9.67. The molecule has 1 heterocycles. The Morgan fingerprint density at radius 1 is 1.35 bits per heavy atom. The first-order valence-corrected chi connectivity index (χ1v) is 5.27. The standard InChI is InChI=1S/C12H13F2N3/c1-8-9(6-15-2)7-17(16-8)12-4-3-10(13)5-11(12)14/h3-5,7,15H,6H2,1-2H3. The molecule has 1 N–H and O–H groups in total. The molecule has 0 radical (unpaired) electrons. The van der Waals surface area contributed by atoms with Crippen molar-refractivity contribution in [2.75, 3.05) is 7.05 Å². The second kappa shape index (κ2) is 4.63. The molecule has 0 saturated carbocycles. The molecule has 5 heteroatoms. The molecule has 2 rings (SSSR count). The normalized spacial score (nSPS) is 10.8. The quantitative estimate of drug-likeness (QED) is 0.886. The smallest absolute Gasteiger partial charge is 0.151 e. The fourth-order valence-corrected chi connectivity index (χ4v) is 1.65. The summed E-state index contributed by atoms with van der Waals surface area (Å²) in [6.07, 6.45) is 1.74. The minimum Gasteiger partial charge on any atom is -0.316 e. The number of halogens is 2. The van der Waals surface area contributed by atoms with Crippen LogP contribution in [0.25, 0.3) is 5.69 Å². The fraction of sp³-hybridized carbons (Fsp3) is 0.250. The van der Waals surface area contributed by atoms with Crippen molar-refractivity contribution in [2.45, 2.75) is 13.5 Å². The monoisotopic (exact) mass is 237 g/mol. The maximum atomic E-state index is 13.5. The lowest BCUT2D eigenvalue weighted by Gasteiger charge is -2.02. The summed E-state index contributed by atoms with van der Waals surface area (Å²) in [7, 11) is 1.83. The summed E-state index contributed by atoms with van der Waals surface area (Å²) in [6, 6.07) is 3.44. The Morgan fingerprint density at radius 2 is 2.12 bits per heavy atom. The number of rotatable bonds is 3. The van der Waals surface area contributed by atoms with Crippen LogP contribution in [0, 0.1) is 18.6 Å². The molecule has 90 valence electrons. The van der Waals surface area contributed by atoms with E-state index in [0.29, 0.717) is 6.54 Å². The molecular weight excluding hydrogens is 224 g/mol. The van der Waals surface area contributed by atoms with E-state index >= 15 is 0 Å². The maximum Gasteiger partial charge on any atom is 0.151 e.